The number of halogens is 1. The summed E-state index contributed by atoms with van der Waals surface area (Å²) in [4.78, 5) is 23.8. The highest BCUT2D eigenvalue weighted by Gasteiger charge is 2.32. The molecule has 2 aromatic carbocycles. The molecule has 0 fully saturated rings. The van der Waals surface area contributed by atoms with Crippen LogP contribution in [0.15, 0.2) is 58.8 Å². The van der Waals surface area contributed by atoms with E-state index < -0.39 is 22.5 Å². The van der Waals surface area contributed by atoms with E-state index in [1.54, 1.807) is 41.8 Å². The summed E-state index contributed by atoms with van der Waals surface area (Å²) in [6, 6.07) is 13.5. The number of sulfonamides is 1. The van der Waals surface area contributed by atoms with Crippen molar-refractivity contribution in [3.63, 3.8) is 0 Å². The molecule has 3 rings (SSSR count). The molecule has 1 aromatic heterocycles. The number of carbonyl (C=O) groups excluding carboxylic acids is 2. The fourth-order valence-electron chi connectivity index (χ4n) is 3.33. The average Bonchev–Trinajstić information content (AvgIpc) is 3.25. The molecule has 0 spiro atoms. The number of nitrogens with zero attached hydrogens (tertiary/aromatic N) is 1. The van der Waals surface area contributed by atoms with Gasteiger partial charge < -0.3 is 9.53 Å². The van der Waals surface area contributed by atoms with Crippen LogP contribution in [0.3, 0.4) is 0 Å². The number of aldehydes is 1. The van der Waals surface area contributed by atoms with Gasteiger partial charge >= 0.3 is 5.97 Å². The minimum Gasteiger partial charge on any atom is -0.465 e. The number of ether oxygens (including phenoxy) is 1. The van der Waals surface area contributed by atoms with E-state index in [1.165, 1.54) is 13.2 Å². The molecule has 6 nitrogen and oxygen atoms in total. The van der Waals surface area contributed by atoms with Gasteiger partial charge in [0.05, 0.1) is 24.2 Å². The summed E-state index contributed by atoms with van der Waals surface area (Å²) in [6.45, 7) is 5.66. The second-order valence-corrected chi connectivity index (χ2v) is 11.5. The lowest BCUT2D eigenvalue weighted by Gasteiger charge is -2.26. The molecule has 0 radical (unpaired) electrons. The Kier molecular flexibility index (Phi) is 7.31. The number of methoxy groups -OCH3 is 1. The molecule has 33 heavy (non-hydrogen) atoms. The Morgan fingerprint density at radius 1 is 1.12 bits per heavy atom. The van der Waals surface area contributed by atoms with Crippen LogP contribution in [-0.4, -0.2) is 34.3 Å². The first-order chi connectivity index (χ1) is 15.5. The second kappa shape index (κ2) is 9.67. The SMILES string of the molecule is COC(=O)c1sccc1N(CC=O)S(=O)(=O)c1ccc(C(C)(C)C)cc1-c1ccc(Cl)cc1. The van der Waals surface area contributed by atoms with E-state index >= 15 is 0 Å². The van der Waals surface area contributed by atoms with Gasteiger partial charge in [-0.3, -0.25) is 4.31 Å². The van der Waals surface area contributed by atoms with E-state index in [0.717, 1.165) is 21.2 Å². The molecule has 1 heterocycles. The van der Waals surface area contributed by atoms with Crippen molar-refractivity contribution < 1.29 is 22.7 Å². The van der Waals surface area contributed by atoms with Crippen molar-refractivity contribution in [3.05, 3.63) is 69.4 Å². The zero-order chi connectivity index (χ0) is 24.4. The maximum Gasteiger partial charge on any atom is 0.350 e. The van der Waals surface area contributed by atoms with Gasteiger partial charge in [-0.1, -0.05) is 50.6 Å². The number of benzene rings is 2. The van der Waals surface area contributed by atoms with E-state index in [-0.39, 0.29) is 20.9 Å². The first-order valence-corrected chi connectivity index (χ1v) is 12.7. The highest BCUT2D eigenvalue weighted by atomic mass is 35.5. The van der Waals surface area contributed by atoms with Crippen LogP contribution in [-0.2, 0) is 25.0 Å². The van der Waals surface area contributed by atoms with E-state index in [9.17, 15) is 18.0 Å². The number of thiophene rings is 1. The Hall–Kier alpha value is -2.68. The standard InChI is InChI=1S/C24H24ClNO5S2/c1-24(2,3)17-7-10-21(19(15-17)16-5-8-18(25)9-6-16)33(29,30)26(12-13-27)20-11-14-32-22(20)23(28)31-4/h5-11,13-15H,12H2,1-4H3. The van der Waals surface area contributed by atoms with Gasteiger partial charge in [-0.15, -0.1) is 11.3 Å². The summed E-state index contributed by atoms with van der Waals surface area (Å²) in [5.74, 6) is -0.674. The molecule has 0 saturated carbocycles. The molecule has 0 aliphatic rings. The third-order valence-corrected chi connectivity index (χ3v) is 8.07. The Morgan fingerprint density at radius 3 is 2.36 bits per heavy atom. The summed E-state index contributed by atoms with van der Waals surface area (Å²) in [7, 11) is -3.02. The first-order valence-electron chi connectivity index (χ1n) is 10.0. The van der Waals surface area contributed by atoms with Crippen molar-refractivity contribution >= 4 is 50.9 Å². The summed E-state index contributed by atoms with van der Waals surface area (Å²) >= 11 is 7.09. The van der Waals surface area contributed by atoms with Gasteiger partial charge in [-0.05, 0) is 52.3 Å². The number of hydrogen-bond acceptors (Lipinski definition) is 6. The molecular formula is C24H24ClNO5S2. The van der Waals surface area contributed by atoms with Gasteiger partial charge in [0.15, 0.2) is 0 Å². The van der Waals surface area contributed by atoms with Crippen molar-refractivity contribution in [2.75, 3.05) is 18.0 Å². The third kappa shape index (κ3) is 5.13. The van der Waals surface area contributed by atoms with E-state index in [4.69, 9.17) is 16.3 Å². The smallest absolute Gasteiger partial charge is 0.350 e. The summed E-state index contributed by atoms with van der Waals surface area (Å²) in [5.41, 5.74) is 1.95. The quantitative estimate of drug-likeness (QED) is 0.311. The average molecular weight is 506 g/mol. The maximum atomic E-state index is 13.9. The normalized spacial score (nSPS) is 11.8. The molecule has 0 aliphatic heterocycles. The van der Waals surface area contributed by atoms with E-state index in [1.807, 2.05) is 26.8 Å². The van der Waals surface area contributed by atoms with Crippen LogP contribution < -0.4 is 4.31 Å². The van der Waals surface area contributed by atoms with Crippen molar-refractivity contribution in [2.45, 2.75) is 31.1 Å². The van der Waals surface area contributed by atoms with Crippen molar-refractivity contribution in [2.24, 2.45) is 0 Å². The number of hydrogen-bond donors (Lipinski definition) is 0. The Morgan fingerprint density at radius 2 is 1.79 bits per heavy atom. The van der Waals surface area contributed by atoms with Gasteiger partial charge in [0.1, 0.15) is 11.2 Å². The minimum absolute atomic E-state index is 0.0155. The highest BCUT2D eigenvalue weighted by molar-refractivity contribution is 7.93. The fourth-order valence-corrected chi connectivity index (χ4v) is 5.93. The van der Waals surface area contributed by atoms with Crippen LogP contribution in [0.4, 0.5) is 5.69 Å². The van der Waals surface area contributed by atoms with Gasteiger partial charge in [0.25, 0.3) is 10.0 Å². The van der Waals surface area contributed by atoms with Crippen molar-refractivity contribution in [1.29, 1.82) is 0 Å². The molecule has 3 aromatic rings. The molecule has 9 heteroatoms. The molecule has 174 valence electrons. The molecule has 0 bridgehead atoms. The summed E-state index contributed by atoms with van der Waals surface area (Å²) in [6.07, 6.45) is 0.488. The molecule has 0 saturated heterocycles. The fraction of sp³-hybridized carbons (Fsp3) is 0.250. The number of carbonyl (C=O) groups is 2. The maximum absolute atomic E-state index is 13.9. The lowest BCUT2D eigenvalue weighted by Crippen LogP contribution is -2.34. The Labute approximate surface area is 202 Å². The van der Waals surface area contributed by atoms with E-state index in [2.05, 4.69) is 0 Å². The van der Waals surface area contributed by atoms with Crippen LogP contribution in [0, 0.1) is 0 Å². The number of anilines is 1. The number of esters is 1. The third-order valence-electron chi connectivity index (χ3n) is 5.09. The predicted molar refractivity (Wildman–Crippen MR) is 132 cm³/mol. The lowest BCUT2D eigenvalue weighted by atomic mass is 9.85. The van der Waals surface area contributed by atoms with Crippen LogP contribution >= 0.6 is 22.9 Å². The van der Waals surface area contributed by atoms with Gasteiger partial charge in [-0.25, -0.2) is 13.2 Å². The summed E-state index contributed by atoms with van der Waals surface area (Å²) in [5, 5.41) is 2.11. The zero-order valence-corrected chi connectivity index (χ0v) is 21.1. The van der Waals surface area contributed by atoms with Crippen molar-refractivity contribution in [1.82, 2.24) is 0 Å². The number of rotatable bonds is 7. The minimum atomic E-state index is -4.23. The molecule has 0 atom stereocenters. The van der Waals surface area contributed by atoms with E-state index in [0.29, 0.717) is 22.4 Å². The van der Waals surface area contributed by atoms with Crippen molar-refractivity contribution in [3.8, 4) is 11.1 Å². The van der Waals surface area contributed by atoms with Crippen LogP contribution in [0.25, 0.3) is 11.1 Å². The first kappa shape index (κ1) is 25.0. The molecule has 0 N–H and O–H groups in total. The highest BCUT2D eigenvalue weighted by Crippen LogP contribution is 2.37. The molecule has 0 aliphatic carbocycles. The topological polar surface area (TPSA) is 80.8 Å². The Balaban J connectivity index is 2.26. The monoisotopic (exact) mass is 505 g/mol. The van der Waals surface area contributed by atoms with Gasteiger partial charge in [-0.2, -0.15) is 0 Å². The van der Waals surface area contributed by atoms with Gasteiger partial charge in [0.2, 0.25) is 0 Å². The summed E-state index contributed by atoms with van der Waals surface area (Å²) < 4.78 is 33.5. The van der Waals surface area contributed by atoms with Crippen LogP contribution in [0.1, 0.15) is 36.0 Å². The zero-order valence-electron chi connectivity index (χ0n) is 18.7. The molecular weight excluding hydrogens is 482 g/mol. The Bertz CT molecular complexity index is 1270. The molecule has 0 unspecified atom stereocenters. The molecule has 0 amide bonds. The van der Waals surface area contributed by atoms with Crippen LogP contribution in [0.2, 0.25) is 5.02 Å². The van der Waals surface area contributed by atoms with Crippen LogP contribution in [0.5, 0.6) is 0 Å². The predicted octanol–water partition coefficient (Wildman–Crippen LogP) is 5.55. The lowest BCUT2D eigenvalue weighted by molar-refractivity contribution is -0.106. The largest absolute Gasteiger partial charge is 0.465 e. The second-order valence-electron chi connectivity index (χ2n) is 8.30. The van der Waals surface area contributed by atoms with Gasteiger partial charge in [0, 0.05) is 10.6 Å².